The monoisotopic (exact) mass is 215 g/mol. The van der Waals surface area contributed by atoms with Gasteiger partial charge in [0.25, 0.3) is 0 Å². The minimum atomic E-state index is 0.128. The van der Waals surface area contributed by atoms with Gasteiger partial charge in [0.15, 0.2) is 0 Å². The van der Waals surface area contributed by atoms with Crippen LogP contribution in [0.15, 0.2) is 36.9 Å². The first-order chi connectivity index (χ1) is 7.75. The SMILES string of the molecule is CC(Nc1cc(N)ncn1)c1cccnc1. The number of hydrogen-bond donors (Lipinski definition) is 2. The molecule has 2 rings (SSSR count). The molecule has 2 aromatic rings. The zero-order valence-corrected chi connectivity index (χ0v) is 8.96. The second kappa shape index (κ2) is 4.57. The maximum Gasteiger partial charge on any atom is 0.131 e. The van der Waals surface area contributed by atoms with Crippen molar-refractivity contribution in [3.63, 3.8) is 0 Å². The fourth-order valence-corrected chi connectivity index (χ4v) is 1.39. The lowest BCUT2D eigenvalue weighted by molar-refractivity contribution is 0.864. The maximum absolute atomic E-state index is 5.57. The summed E-state index contributed by atoms with van der Waals surface area (Å²) in [6.07, 6.45) is 5.01. The minimum absolute atomic E-state index is 0.128. The van der Waals surface area contributed by atoms with Crippen molar-refractivity contribution in [2.75, 3.05) is 11.1 Å². The predicted octanol–water partition coefficient (Wildman–Crippen LogP) is 1.63. The highest BCUT2D eigenvalue weighted by Gasteiger charge is 2.05. The normalized spacial score (nSPS) is 12.1. The van der Waals surface area contributed by atoms with Crippen molar-refractivity contribution in [1.82, 2.24) is 15.0 Å². The quantitative estimate of drug-likeness (QED) is 0.813. The number of nitrogens with one attached hydrogen (secondary N) is 1. The average molecular weight is 215 g/mol. The average Bonchev–Trinajstić information content (AvgIpc) is 2.30. The highest BCUT2D eigenvalue weighted by atomic mass is 15.0. The van der Waals surface area contributed by atoms with Crippen molar-refractivity contribution in [3.8, 4) is 0 Å². The number of nitrogens with two attached hydrogens (primary N) is 1. The summed E-state index contributed by atoms with van der Waals surface area (Å²) >= 11 is 0. The van der Waals surface area contributed by atoms with E-state index in [4.69, 9.17) is 5.73 Å². The van der Waals surface area contributed by atoms with E-state index >= 15 is 0 Å². The highest BCUT2D eigenvalue weighted by molar-refractivity contribution is 5.44. The Morgan fingerprint density at radius 3 is 2.94 bits per heavy atom. The van der Waals surface area contributed by atoms with Crippen LogP contribution in [0.25, 0.3) is 0 Å². The lowest BCUT2D eigenvalue weighted by atomic mass is 10.1. The Kier molecular flexibility index (Phi) is 2.95. The summed E-state index contributed by atoms with van der Waals surface area (Å²) in [7, 11) is 0. The van der Waals surface area contributed by atoms with Crippen molar-refractivity contribution in [2.24, 2.45) is 0 Å². The first-order valence-corrected chi connectivity index (χ1v) is 4.99. The number of hydrogen-bond acceptors (Lipinski definition) is 5. The van der Waals surface area contributed by atoms with E-state index in [1.165, 1.54) is 6.33 Å². The van der Waals surface area contributed by atoms with Gasteiger partial charge in [-0.05, 0) is 18.6 Å². The number of anilines is 2. The van der Waals surface area contributed by atoms with Gasteiger partial charge in [-0.1, -0.05) is 6.07 Å². The number of pyridine rings is 1. The van der Waals surface area contributed by atoms with Gasteiger partial charge >= 0.3 is 0 Å². The van der Waals surface area contributed by atoms with Crippen LogP contribution in [0.4, 0.5) is 11.6 Å². The summed E-state index contributed by atoms with van der Waals surface area (Å²) < 4.78 is 0. The van der Waals surface area contributed by atoms with Gasteiger partial charge in [-0.15, -0.1) is 0 Å². The number of rotatable bonds is 3. The molecule has 1 unspecified atom stereocenters. The van der Waals surface area contributed by atoms with Crippen LogP contribution in [0.1, 0.15) is 18.5 Å². The van der Waals surface area contributed by atoms with Crippen LogP contribution in [0, 0.1) is 0 Å². The fraction of sp³-hybridized carbons (Fsp3) is 0.182. The summed E-state index contributed by atoms with van der Waals surface area (Å²) in [5.74, 6) is 1.17. The lowest BCUT2D eigenvalue weighted by Gasteiger charge is -2.14. The topological polar surface area (TPSA) is 76.7 Å². The van der Waals surface area contributed by atoms with Gasteiger partial charge in [0.05, 0.1) is 6.04 Å². The van der Waals surface area contributed by atoms with Crippen molar-refractivity contribution in [3.05, 3.63) is 42.5 Å². The van der Waals surface area contributed by atoms with Crippen LogP contribution in [0.2, 0.25) is 0 Å². The molecular weight excluding hydrogens is 202 g/mol. The van der Waals surface area contributed by atoms with Gasteiger partial charge in [0.2, 0.25) is 0 Å². The summed E-state index contributed by atoms with van der Waals surface area (Å²) in [5, 5.41) is 3.23. The molecule has 0 spiro atoms. The Hall–Kier alpha value is -2.17. The second-order valence-electron chi connectivity index (χ2n) is 3.48. The van der Waals surface area contributed by atoms with Crippen molar-refractivity contribution in [2.45, 2.75) is 13.0 Å². The van der Waals surface area contributed by atoms with Crippen molar-refractivity contribution >= 4 is 11.6 Å². The molecule has 0 bridgehead atoms. The zero-order chi connectivity index (χ0) is 11.4. The van der Waals surface area contributed by atoms with Crippen molar-refractivity contribution < 1.29 is 0 Å². The van der Waals surface area contributed by atoms with E-state index in [9.17, 15) is 0 Å². The largest absolute Gasteiger partial charge is 0.384 e. The third kappa shape index (κ3) is 2.44. The summed E-state index contributed by atoms with van der Waals surface area (Å²) in [5.41, 5.74) is 6.67. The fourth-order valence-electron chi connectivity index (χ4n) is 1.39. The van der Waals surface area contributed by atoms with Crippen LogP contribution in [0.3, 0.4) is 0 Å². The highest BCUT2D eigenvalue weighted by Crippen LogP contribution is 2.16. The van der Waals surface area contributed by atoms with E-state index in [2.05, 4.69) is 20.3 Å². The molecular formula is C11H13N5. The molecule has 5 nitrogen and oxygen atoms in total. The summed E-state index contributed by atoms with van der Waals surface area (Å²) in [6, 6.07) is 5.74. The van der Waals surface area contributed by atoms with Gasteiger partial charge in [-0.3, -0.25) is 4.98 Å². The third-order valence-electron chi connectivity index (χ3n) is 2.24. The Morgan fingerprint density at radius 2 is 2.25 bits per heavy atom. The summed E-state index contributed by atoms with van der Waals surface area (Å²) in [6.45, 7) is 2.04. The Morgan fingerprint density at radius 1 is 1.38 bits per heavy atom. The molecule has 0 aromatic carbocycles. The van der Waals surface area contributed by atoms with Crippen LogP contribution >= 0.6 is 0 Å². The molecule has 0 aliphatic heterocycles. The van der Waals surface area contributed by atoms with E-state index < -0.39 is 0 Å². The number of nitrogens with zero attached hydrogens (tertiary/aromatic N) is 3. The molecule has 0 amide bonds. The van der Waals surface area contributed by atoms with Gasteiger partial charge in [0.1, 0.15) is 18.0 Å². The van der Waals surface area contributed by atoms with Gasteiger partial charge in [-0.2, -0.15) is 0 Å². The van der Waals surface area contributed by atoms with Crippen LogP contribution in [0.5, 0.6) is 0 Å². The molecule has 2 heterocycles. The van der Waals surface area contributed by atoms with E-state index in [-0.39, 0.29) is 6.04 Å². The Labute approximate surface area is 93.8 Å². The van der Waals surface area contributed by atoms with Gasteiger partial charge < -0.3 is 11.1 Å². The molecule has 0 aliphatic carbocycles. The third-order valence-corrected chi connectivity index (χ3v) is 2.24. The molecule has 1 atom stereocenters. The number of nitrogen functional groups attached to an aromatic ring is 1. The van der Waals surface area contributed by atoms with Crippen LogP contribution in [-0.4, -0.2) is 15.0 Å². The zero-order valence-electron chi connectivity index (χ0n) is 8.96. The molecule has 82 valence electrons. The molecule has 0 fully saturated rings. The van der Waals surface area contributed by atoms with Crippen LogP contribution in [-0.2, 0) is 0 Å². The lowest BCUT2D eigenvalue weighted by Crippen LogP contribution is -2.08. The van der Waals surface area contributed by atoms with E-state index in [1.807, 2.05) is 25.3 Å². The van der Waals surface area contributed by atoms with Gasteiger partial charge in [-0.25, -0.2) is 9.97 Å². The number of aromatic nitrogens is 3. The van der Waals surface area contributed by atoms with Gasteiger partial charge in [0, 0.05) is 18.5 Å². The van der Waals surface area contributed by atoms with E-state index in [0.29, 0.717) is 11.6 Å². The minimum Gasteiger partial charge on any atom is -0.384 e. The molecule has 0 saturated heterocycles. The molecule has 0 saturated carbocycles. The summed E-state index contributed by atoms with van der Waals surface area (Å²) in [4.78, 5) is 12.0. The first-order valence-electron chi connectivity index (χ1n) is 4.99. The standard InChI is InChI=1S/C11H13N5/c1-8(9-3-2-4-13-6-9)16-11-5-10(12)14-7-15-11/h2-8H,1H3,(H3,12,14,15,16). The Bertz CT molecular complexity index is 457. The smallest absolute Gasteiger partial charge is 0.131 e. The molecule has 0 aliphatic rings. The molecule has 3 N–H and O–H groups in total. The second-order valence-corrected chi connectivity index (χ2v) is 3.48. The molecule has 0 radical (unpaired) electrons. The molecule has 16 heavy (non-hydrogen) atoms. The van der Waals surface area contributed by atoms with Crippen molar-refractivity contribution in [1.29, 1.82) is 0 Å². The van der Waals surface area contributed by atoms with E-state index in [1.54, 1.807) is 12.3 Å². The first kappa shape index (κ1) is 10.4. The Balaban J connectivity index is 2.11. The van der Waals surface area contributed by atoms with Crippen LogP contribution < -0.4 is 11.1 Å². The van der Waals surface area contributed by atoms with E-state index in [0.717, 1.165) is 5.56 Å². The molecule has 5 heteroatoms. The molecule has 2 aromatic heterocycles. The maximum atomic E-state index is 5.57. The predicted molar refractivity (Wildman–Crippen MR) is 62.7 cm³/mol.